The Balaban J connectivity index is 1.63. The first-order chi connectivity index (χ1) is 22.6. The highest BCUT2D eigenvalue weighted by atomic mass is 32.1. The molecule has 3 heterocycles. The fourth-order valence-electron chi connectivity index (χ4n) is 6.42. The standard InChI is InChI=1S/C36H50N4O7S/c1-22-23(11-9-12-28(22)45-8)19-39(24-14-15-24)32(42)31-26(29-18-37-30(48-29)13-10-16-41)17-25-20-38(33(43)46-35(2,3)4)21-27(31)40(25)34(44)47-36(5,6)7/h9,11-12,18,24-25,27,41H,10,13-17,19-21H2,1-8H3. The molecular formula is C36H50N4O7S. The maximum atomic E-state index is 15.1. The molecule has 2 fully saturated rings. The van der Waals surface area contributed by atoms with Gasteiger partial charge in [0.2, 0.25) is 0 Å². The Morgan fingerprint density at radius 1 is 1.04 bits per heavy atom. The summed E-state index contributed by atoms with van der Waals surface area (Å²) in [4.78, 5) is 53.3. The van der Waals surface area contributed by atoms with Crippen molar-refractivity contribution < 1.29 is 33.7 Å². The van der Waals surface area contributed by atoms with E-state index in [2.05, 4.69) is 4.98 Å². The lowest BCUT2D eigenvalue weighted by Crippen LogP contribution is -2.66. The van der Waals surface area contributed by atoms with Gasteiger partial charge in [-0.25, -0.2) is 14.6 Å². The smallest absolute Gasteiger partial charge is 0.411 e. The van der Waals surface area contributed by atoms with Crippen LogP contribution in [-0.4, -0.2) is 99.0 Å². The van der Waals surface area contributed by atoms with E-state index in [4.69, 9.17) is 14.2 Å². The van der Waals surface area contributed by atoms with Gasteiger partial charge in [-0.3, -0.25) is 9.69 Å². The quantitative estimate of drug-likeness (QED) is 0.344. The molecule has 2 unspecified atom stereocenters. The lowest BCUT2D eigenvalue weighted by atomic mass is 9.83. The molecule has 11 nitrogen and oxygen atoms in total. The van der Waals surface area contributed by atoms with E-state index in [-0.39, 0.29) is 31.6 Å². The number of thiazole rings is 1. The highest BCUT2D eigenvalue weighted by Crippen LogP contribution is 2.43. The number of benzene rings is 1. The van der Waals surface area contributed by atoms with Crippen LogP contribution in [0.2, 0.25) is 0 Å². The summed E-state index contributed by atoms with van der Waals surface area (Å²) in [6.07, 6.45) is 4.14. The predicted molar refractivity (Wildman–Crippen MR) is 184 cm³/mol. The molecule has 1 saturated heterocycles. The van der Waals surface area contributed by atoms with E-state index in [9.17, 15) is 14.7 Å². The molecule has 1 aromatic heterocycles. The summed E-state index contributed by atoms with van der Waals surface area (Å²) in [6, 6.07) is 4.70. The summed E-state index contributed by atoms with van der Waals surface area (Å²) in [5.74, 6) is 0.593. The second-order valence-electron chi connectivity index (χ2n) is 14.9. The lowest BCUT2D eigenvalue weighted by Gasteiger charge is -2.51. The van der Waals surface area contributed by atoms with Crippen molar-refractivity contribution in [3.8, 4) is 5.75 Å². The van der Waals surface area contributed by atoms with Crippen LogP contribution in [0, 0.1) is 6.92 Å². The minimum atomic E-state index is -0.766. The van der Waals surface area contributed by atoms with Gasteiger partial charge in [0.25, 0.3) is 5.91 Å². The molecular weight excluding hydrogens is 632 g/mol. The maximum Gasteiger partial charge on any atom is 0.411 e. The normalized spacial score (nSPS) is 19.7. The number of methoxy groups -OCH3 is 1. The van der Waals surface area contributed by atoms with Crippen molar-refractivity contribution >= 4 is 35.0 Å². The van der Waals surface area contributed by atoms with E-state index in [0.29, 0.717) is 31.4 Å². The fourth-order valence-corrected chi connectivity index (χ4v) is 7.45. The van der Waals surface area contributed by atoms with Gasteiger partial charge in [-0.2, -0.15) is 0 Å². The zero-order valence-electron chi connectivity index (χ0n) is 29.5. The number of hydrogen-bond donors (Lipinski definition) is 1. The van der Waals surface area contributed by atoms with Crippen LogP contribution in [0.3, 0.4) is 0 Å². The number of amides is 3. The lowest BCUT2D eigenvalue weighted by molar-refractivity contribution is -0.129. The van der Waals surface area contributed by atoms with Gasteiger partial charge in [-0.15, -0.1) is 11.3 Å². The Morgan fingerprint density at radius 3 is 2.35 bits per heavy atom. The van der Waals surface area contributed by atoms with E-state index < -0.39 is 35.5 Å². The topological polar surface area (TPSA) is 122 Å². The number of aliphatic hydroxyl groups is 1. The number of rotatable bonds is 9. The molecule has 5 rings (SSSR count). The molecule has 3 aliphatic rings. The van der Waals surface area contributed by atoms with Crippen molar-refractivity contribution in [3.05, 3.63) is 51.0 Å². The van der Waals surface area contributed by atoms with E-state index in [1.165, 1.54) is 11.3 Å². The Bertz CT molecular complexity index is 1550. The average molecular weight is 683 g/mol. The summed E-state index contributed by atoms with van der Waals surface area (Å²) in [7, 11) is 1.64. The van der Waals surface area contributed by atoms with E-state index in [1.54, 1.807) is 23.1 Å². The number of aryl methyl sites for hydroxylation is 1. The molecule has 2 aromatic rings. The van der Waals surface area contributed by atoms with Crippen LogP contribution in [-0.2, 0) is 27.2 Å². The number of fused-ring (bicyclic) bond motifs is 2. The molecule has 1 aliphatic carbocycles. The molecule has 1 saturated carbocycles. The Kier molecular flexibility index (Phi) is 10.5. The van der Waals surface area contributed by atoms with E-state index >= 15 is 4.79 Å². The number of aliphatic hydroxyl groups excluding tert-OH is 1. The molecule has 3 amide bonds. The molecule has 0 spiro atoms. The van der Waals surface area contributed by atoms with Crippen molar-refractivity contribution in [1.29, 1.82) is 0 Å². The first-order valence-electron chi connectivity index (χ1n) is 16.8. The fraction of sp³-hybridized carbons (Fsp3) is 0.611. The van der Waals surface area contributed by atoms with Gasteiger partial charge in [0.15, 0.2) is 0 Å². The first-order valence-corrected chi connectivity index (χ1v) is 17.6. The molecule has 1 N–H and O–H groups in total. The molecule has 2 atom stereocenters. The van der Waals surface area contributed by atoms with Crippen LogP contribution in [0.15, 0.2) is 30.0 Å². The second kappa shape index (κ2) is 14.1. The molecule has 262 valence electrons. The molecule has 0 radical (unpaired) electrons. The predicted octanol–water partition coefficient (Wildman–Crippen LogP) is 5.96. The SMILES string of the molecule is COc1cccc(CN(C(=O)C2=C(c3cnc(CCCO)s3)CC3CN(C(=O)OC(C)(C)C)CC2N3C(=O)OC(C)(C)C)C2CC2)c1C. The van der Waals surface area contributed by atoms with Gasteiger partial charge in [-0.1, -0.05) is 12.1 Å². The van der Waals surface area contributed by atoms with E-state index in [0.717, 1.165) is 45.2 Å². The zero-order valence-corrected chi connectivity index (χ0v) is 30.3. The minimum Gasteiger partial charge on any atom is -0.496 e. The van der Waals surface area contributed by atoms with Gasteiger partial charge in [0, 0.05) is 50.5 Å². The Hall–Kier alpha value is -3.64. The Morgan fingerprint density at radius 2 is 1.73 bits per heavy atom. The maximum absolute atomic E-state index is 15.1. The third-order valence-electron chi connectivity index (χ3n) is 8.74. The molecule has 1 aromatic carbocycles. The summed E-state index contributed by atoms with van der Waals surface area (Å²) in [6.45, 7) is 13.7. The molecule has 48 heavy (non-hydrogen) atoms. The van der Waals surface area contributed by atoms with Crippen molar-refractivity contribution in [1.82, 2.24) is 19.7 Å². The van der Waals surface area contributed by atoms with Gasteiger partial charge in [0.1, 0.15) is 17.0 Å². The average Bonchev–Trinajstić information content (AvgIpc) is 3.73. The van der Waals surface area contributed by atoms with E-state index in [1.807, 2.05) is 71.6 Å². The van der Waals surface area contributed by atoms with Crippen molar-refractivity contribution in [3.63, 3.8) is 0 Å². The number of carbonyl (C=O) groups is 3. The highest BCUT2D eigenvalue weighted by Gasteiger charge is 2.51. The zero-order chi connectivity index (χ0) is 35.0. The van der Waals surface area contributed by atoms with Gasteiger partial charge in [-0.05, 0) is 96.9 Å². The summed E-state index contributed by atoms with van der Waals surface area (Å²) in [5, 5.41) is 10.3. The third-order valence-corrected chi connectivity index (χ3v) is 9.86. The van der Waals surface area contributed by atoms with Crippen LogP contribution in [0.25, 0.3) is 5.57 Å². The van der Waals surface area contributed by atoms with Crippen molar-refractivity contribution in [2.45, 2.75) is 116 Å². The van der Waals surface area contributed by atoms with Crippen LogP contribution in [0.1, 0.15) is 88.2 Å². The van der Waals surface area contributed by atoms with Crippen LogP contribution in [0.4, 0.5) is 9.59 Å². The number of aromatic nitrogens is 1. The first kappa shape index (κ1) is 35.7. The number of hydrogen-bond acceptors (Lipinski definition) is 9. The molecule has 2 aliphatic heterocycles. The van der Waals surface area contributed by atoms with Gasteiger partial charge < -0.3 is 29.1 Å². The largest absolute Gasteiger partial charge is 0.496 e. The second-order valence-corrected chi connectivity index (χ2v) is 16.0. The van der Waals surface area contributed by atoms with Crippen LogP contribution >= 0.6 is 11.3 Å². The Labute approximate surface area is 287 Å². The number of piperazine rings is 1. The van der Waals surface area contributed by atoms with Gasteiger partial charge >= 0.3 is 12.2 Å². The monoisotopic (exact) mass is 682 g/mol. The number of carbonyl (C=O) groups excluding carboxylic acids is 3. The molecule has 12 heteroatoms. The number of ether oxygens (including phenoxy) is 3. The number of nitrogens with zero attached hydrogens (tertiary/aromatic N) is 4. The summed E-state index contributed by atoms with van der Waals surface area (Å²) in [5.41, 5.74) is 1.82. The van der Waals surface area contributed by atoms with Gasteiger partial charge in [0.05, 0.1) is 29.1 Å². The van der Waals surface area contributed by atoms with Crippen LogP contribution in [0.5, 0.6) is 5.75 Å². The van der Waals surface area contributed by atoms with Crippen molar-refractivity contribution in [2.24, 2.45) is 0 Å². The summed E-state index contributed by atoms with van der Waals surface area (Å²) < 4.78 is 17.3. The summed E-state index contributed by atoms with van der Waals surface area (Å²) >= 11 is 1.51. The molecule has 2 bridgehead atoms. The highest BCUT2D eigenvalue weighted by molar-refractivity contribution is 7.12. The third kappa shape index (κ3) is 8.14. The van der Waals surface area contributed by atoms with Crippen LogP contribution < -0.4 is 4.74 Å². The minimum absolute atomic E-state index is 0.0525. The van der Waals surface area contributed by atoms with Crippen molar-refractivity contribution in [2.75, 3.05) is 26.8 Å².